The topological polar surface area (TPSA) is 76.1 Å². The van der Waals surface area contributed by atoms with Gasteiger partial charge in [0.05, 0.1) is 7.11 Å². The van der Waals surface area contributed by atoms with E-state index in [0.29, 0.717) is 0 Å². The maximum absolute atomic E-state index is 11.7. The van der Waals surface area contributed by atoms with Gasteiger partial charge < -0.3 is 14.6 Å². The average Bonchev–Trinajstić information content (AvgIpc) is 2.21. The van der Waals surface area contributed by atoms with E-state index in [1.165, 1.54) is 14.2 Å². The summed E-state index contributed by atoms with van der Waals surface area (Å²) in [5.74, 6) is -0.576. The number of esters is 1. The van der Waals surface area contributed by atoms with Crippen LogP contribution in [0.4, 0.5) is 4.79 Å². The van der Waals surface area contributed by atoms with Gasteiger partial charge in [-0.15, -0.1) is 0 Å². The Bertz CT molecular complexity index is 272. The van der Waals surface area contributed by atoms with Crippen molar-refractivity contribution in [2.75, 3.05) is 20.8 Å². The molecular formula is C11H21NO5. The van der Waals surface area contributed by atoms with Gasteiger partial charge in [-0.3, -0.25) is 4.90 Å². The first-order chi connectivity index (χ1) is 7.72. The summed E-state index contributed by atoms with van der Waals surface area (Å²) in [7, 11) is 2.67. The Balaban J connectivity index is 4.66. The molecule has 1 amide bonds. The molecule has 1 atom stereocenters. The fourth-order valence-corrected chi connectivity index (χ4v) is 1.19. The Morgan fingerprint density at radius 1 is 1.35 bits per heavy atom. The van der Waals surface area contributed by atoms with E-state index in [1.807, 2.05) is 0 Å². The smallest absolute Gasteiger partial charge is 0.410 e. The number of likely N-dealkylation sites (N-methyl/N-ethyl adjacent to an activating group) is 1. The van der Waals surface area contributed by atoms with Crippen molar-refractivity contribution in [1.82, 2.24) is 4.90 Å². The standard InChI is InChI=1S/C11H21NO5/c1-11(2,3)17-10(15)12(4)8(6-7-13)9(14)16-5/h8,13H,6-7H2,1-5H3. The number of amides is 1. The predicted octanol–water partition coefficient (Wildman–Crippen LogP) is 0.777. The second-order valence-corrected chi connectivity index (χ2v) is 4.64. The summed E-state index contributed by atoms with van der Waals surface area (Å²) >= 11 is 0. The minimum Gasteiger partial charge on any atom is -0.467 e. The van der Waals surface area contributed by atoms with Gasteiger partial charge in [0.15, 0.2) is 0 Å². The zero-order chi connectivity index (χ0) is 13.6. The summed E-state index contributed by atoms with van der Waals surface area (Å²) in [6.45, 7) is 4.99. The van der Waals surface area contributed by atoms with Crippen LogP contribution >= 0.6 is 0 Å². The SMILES string of the molecule is COC(=O)C(CCO)N(C)C(=O)OC(C)(C)C. The highest BCUT2D eigenvalue weighted by Crippen LogP contribution is 2.12. The van der Waals surface area contributed by atoms with Gasteiger partial charge in [0, 0.05) is 20.1 Å². The van der Waals surface area contributed by atoms with Gasteiger partial charge in [0.2, 0.25) is 0 Å². The highest BCUT2D eigenvalue weighted by Gasteiger charge is 2.30. The summed E-state index contributed by atoms with van der Waals surface area (Å²) in [6, 6.07) is -0.833. The summed E-state index contributed by atoms with van der Waals surface area (Å²) in [4.78, 5) is 24.3. The predicted molar refractivity (Wildman–Crippen MR) is 61.5 cm³/mol. The molecule has 1 unspecified atom stereocenters. The molecule has 0 aliphatic heterocycles. The molecule has 0 spiro atoms. The number of methoxy groups -OCH3 is 1. The van der Waals surface area contributed by atoms with Crippen LogP contribution in [0.15, 0.2) is 0 Å². The zero-order valence-electron chi connectivity index (χ0n) is 11.0. The van der Waals surface area contributed by atoms with E-state index >= 15 is 0 Å². The van der Waals surface area contributed by atoms with Gasteiger partial charge in [-0.05, 0) is 20.8 Å². The highest BCUT2D eigenvalue weighted by molar-refractivity contribution is 5.81. The number of rotatable bonds is 4. The first-order valence-electron chi connectivity index (χ1n) is 5.37. The first-order valence-corrected chi connectivity index (χ1v) is 5.37. The van der Waals surface area contributed by atoms with Crippen LogP contribution in [0.1, 0.15) is 27.2 Å². The van der Waals surface area contributed by atoms with E-state index in [-0.39, 0.29) is 13.0 Å². The molecule has 0 aromatic carbocycles. The molecule has 0 bridgehead atoms. The number of hydrogen-bond donors (Lipinski definition) is 1. The minimum atomic E-state index is -0.833. The molecule has 100 valence electrons. The van der Waals surface area contributed by atoms with Crippen LogP contribution in [0.25, 0.3) is 0 Å². The quantitative estimate of drug-likeness (QED) is 0.743. The van der Waals surface area contributed by atoms with Gasteiger partial charge in [-0.25, -0.2) is 9.59 Å². The lowest BCUT2D eigenvalue weighted by atomic mass is 10.2. The van der Waals surface area contributed by atoms with Crippen LogP contribution in [0.2, 0.25) is 0 Å². The van der Waals surface area contributed by atoms with Gasteiger partial charge >= 0.3 is 12.1 Å². The molecule has 0 saturated carbocycles. The summed E-state index contributed by atoms with van der Waals surface area (Å²) in [5, 5.41) is 8.86. The number of nitrogens with zero attached hydrogens (tertiary/aromatic N) is 1. The van der Waals surface area contributed by atoms with E-state index in [1.54, 1.807) is 20.8 Å². The second-order valence-electron chi connectivity index (χ2n) is 4.64. The van der Waals surface area contributed by atoms with Crippen molar-refractivity contribution < 1.29 is 24.2 Å². The van der Waals surface area contributed by atoms with Crippen molar-refractivity contribution in [1.29, 1.82) is 0 Å². The molecular weight excluding hydrogens is 226 g/mol. The molecule has 17 heavy (non-hydrogen) atoms. The number of aliphatic hydroxyl groups excluding tert-OH is 1. The number of aliphatic hydroxyl groups is 1. The van der Waals surface area contributed by atoms with Gasteiger partial charge in [0.25, 0.3) is 0 Å². The minimum absolute atomic E-state index is 0.114. The molecule has 1 N–H and O–H groups in total. The lowest BCUT2D eigenvalue weighted by Crippen LogP contribution is -2.45. The monoisotopic (exact) mass is 247 g/mol. The molecule has 0 aliphatic carbocycles. The number of hydrogen-bond acceptors (Lipinski definition) is 5. The van der Waals surface area contributed by atoms with E-state index in [9.17, 15) is 9.59 Å². The van der Waals surface area contributed by atoms with Gasteiger partial charge in [0.1, 0.15) is 11.6 Å². The third-order valence-electron chi connectivity index (χ3n) is 2.02. The Labute approximate surface area is 101 Å². The number of carbonyl (C=O) groups is 2. The zero-order valence-corrected chi connectivity index (χ0v) is 11.0. The summed E-state index contributed by atoms with van der Waals surface area (Å²) in [6.07, 6.45) is -0.510. The van der Waals surface area contributed by atoms with Crippen LogP contribution in [-0.4, -0.2) is 54.5 Å². The third kappa shape index (κ3) is 5.53. The van der Waals surface area contributed by atoms with Crippen molar-refractivity contribution in [3.63, 3.8) is 0 Å². The Kier molecular flexibility index (Phi) is 5.95. The van der Waals surface area contributed by atoms with Crippen LogP contribution in [0, 0.1) is 0 Å². The Hall–Kier alpha value is -1.30. The van der Waals surface area contributed by atoms with Crippen molar-refractivity contribution in [3.8, 4) is 0 Å². The lowest BCUT2D eigenvalue weighted by Gasteiger charge is -2.28. The third-order valence-corrected chi connectivity index (χ3v) is 2.02. The maximum atomic E-state index is 11.7. The number of ether oxygens (including phenoxy) is 2. The number of carbonyl (C=O) groups excluding carboxylic acids is 2. The first kappa shape index (κ1) is 15.7. The second kappa shape index (κ2) is 6.44. The molecule has 0 rings (SSSR count). The average molecular weight is 247 g/mol. The molecule has 0 aliphatic rings. The van der Waals surface area contributed by atoms with Crippen molar-refractivity contribution in [2.24, 2.45) is 0 Å². The highest BCUT2D eigenvalue weighted by atomic mass is 16.6. The molecule has 0 aromatic rings. The molecule has 0 radical (unpaired) electrons. The normalized spacial score (nSPS) is 12.8. The summed E-state index contributed by atoms with van der Waals surface area (Å²) in [5.41, 5.74) is -0.634. The van der Waals surface area contributed by atoms with E-state index < -0.39 is 23.7 Å². The van der Waals surface area contributed by atoms with Gasteiger partial charge in [-0.2, -0.15) is 0 Å². The molecule has 0 saturated heterocycles. The van der Waals surface area contributed by atoms with E-state index in [0.717, 1.165) is 4.90 Å². The van der Waals surface area contributed by atoms with Crippen LogP contribution in [0.5, 0.6) is 0 Å². The molecule has 0 heterocycles. The molecule has 0 aromatic heterocycles. The Morgan fingerprint density at radius 3 is 2.24 bits per heavy atom. The van der Waals surface area contributed by atoms with Crippen molar-refractivity contribution >= 4 is 12.1 Å². The van der Waals surface area contributed by atoms with Crippen molar-refractivity contribution in [2.45, 2.75) is 38.8 Å². The largest absolute Gasteiger partial charge is 0.467 e. The van der Waals surface area contributed by atoms with Crippen molar-refractivity contribution in [3.05, 3.63) is 0 Å². The van der Waals surface area contributed by atoms with Gasteiger partial charge in [-0.1, -0.05) is 0 Å². The summed E-state index contributed by atoms with van der Waals surface area (Å²) < 4.78 is 9.69. The van der Waals surface area contributed by atoms with E-state index in [4.69, 9.17) is 9.84 Å². The van der Waals surface area contributed by atoms with Crippen LogP contribution in [0.3, 0.4) is 0 Å². The Morgan fingerprint density at radius 2 is 1.88 bits per heavy atom. The maximum Gasteiger partial charge on any atom is 0.410 e. The molecule has 6 heteroatoms. The fraction of sp³-hybridized carbons (Fsp3) is 0.818. The van der Waals surface area contributed by atoms with Crippen LogP contribution < -0.4 is 0 Å². The fourth-order valence-electron chi connectivity index (χ4n) is 1.19. The van der Waals surface area contributed by atoms with E-state index in [2.05, 4.69) is 4.74 Å². The lowest BCUT2D eigenvalue weighted by molar-refractivity contribution is -0.146. The molecule has 6 nitrogen and oxygen atoms in total. The van der Waals surface area contributed by atoms with Crippen LogP contribution in [-0.2, 0) is 14.3 Å². The molecule has 0 fully saturated rings.